The van der Waals surface area contributed by atoms with Gasteiger partial charge in [-0.25, -0.2) is 0 Å². The average Bonchev–Trinajstić information content (AvgIpc) is 3.25. The van der Waals surface area contributed by atoms with Crippen molar-refractivity contribution in [2.45, 2.75) is 282 Å². The van der Waals surface area contributed by atoms with Gasteiger partial charge in [-0.3, -0.25) is 4.79 Å². The van der Waals surface area contributed by atoms with E-state index in [4.69, 9.17) is 0 Å². The Kier molecular flexibility index (Phi) is 46.9. The lowest BCUT2D eigenvalue weighted by molar-refractivity contribution is -0.132. The number of carbonyl (C=O) groups excluding carboxylic acids is 1. The first-order valence-electron chi connectivity index (χ1n) is 26.0. The molecule has 0 fully saturated rings. The number of unbranched alkanes of at least 4 members (excludes halogenated alkanes) is 30. The summed E-state index contributed by atoms with van der Waals surface area (Å²) in [5, 5.41) is 43.8. The molecule has 0 saturated carbocycles. The third-order valence-electron chi connectivity index (χ3n) is 12.0. The fourth-order valence-corrected chi connectivity index (χ4v) is 7.86. The number of rotatable bonds is 47. The quantitative estimate of drug-likeness (QED) is 0.0310. The smallest absolute Gasteiger partial charge is 0.249 e. The van der Waals surface area contributed by atoms with Gasteiger partial charge in [-0.15, -0.1) is 0 Å². The normalized spacial score (nSPS) is 14.3. The molecule has 0 aliphatic heterocycles. The Morgan fingerprint density at radius 3 is 1.15 bits per heavy atom. The first kappa shape index (κ1) is 58.3. The Morgan fingerprint density at radius 2 is 0.750 bits per heavy atom. The monoisotopic (exact) mass is 844 g/mol. The SMILES string of the molecule is CCCCCCCCC/C=C/CC/C=C/CCCC(O)C(O)C(CO)NC(=O)C(O)CCCCCCCCCCCCCC/C=C\C/C=C\CCCCCCCCCCC. The largest absolute Gasteiger partial charge is 0.394 e. The Labute approximate surface area is 372 Å². The Morgan fingerprint density at radius 1 is 0.417 bits per heavy atom. The molecule has 0 aliphatic rings. The molecule has 0 aliphatic carbocycles. The molecule has 4 atom stereocenters. The van der Waals surface area contributed by atoms with Crippen LogP contribution in [0.5, 0.6) is 0 Å². The molecule has 352 valence electrons. The molecule has 0 saturated heterocycles. The zero-order chi connectivity index (χ0) is 43.8. The van der Waals surface area contributed by atoms with Gasteiger partial charge in [-0.1, -0.05) is 223 Å². The van der Waals surface area contributed by atoms with Crippen molar-refractivity contribution < 1.29 is 25.2 Å². The number of amides is 1. The molecule has 1 amide bonds. The predicted molar refractivity (Wildman–Crippen MR) is 260 cm³/mol. The summed E-state index contributed by atoms with van der Waals surface area (Å²) in [7, 11) is 0. The van der Waals surface area contributed by atoms with E-state index in [1.807, 2.05) is 0 Å². The standard InChI is InChI=1S/C54H101NO5/c1-3-5-7-9-11-13-15-17-19-21-22-23-24-25-26-27-28-29-30-31-32-34-36-38-40-42-44-46-48-52(58)54(60)55-50(49-56)53(59)51(57)47-45-43-41-39-37-35-33-20-18-16-14-12-10-8-6-4-2/h20,22-23,25-26,33,39,41,50-53,56-59H,3-19,21,24,27-32,34-38,40,42-49H2,1-2H3,(H,55,60)/b23-22-,26-25-,33-20+,41-39+. The third kappa shape index (κ3) is 41.6. The summed E-state index contributed by atoms with van der Waals surface area (Å²) in [6.45, 7) is 4.04. The van der Waals surface area contributed by atoms with E-state index in [1.165, 1.54) is 180 Å². The van der Waals surface area contributed by atoms with Crippen LogP contribution in [0.3, 0.4) is 0 Å². The molecule has 0 radical (unpaired) electrons. The number of nitrogens with one attached hydrogen (secondary N) is 1. The number of hydrogen-bond donors (Lipinski definition) is 5. The van der Waals surface area contributed by atoms with Crippen molar-refractivity contribution in [3.8, 4) is 0 Å². The van der Waals surface area contributed by atoms with E-state index in [-0.39, 0.29) is 0 Å². The molecule has 0 aromatic heterocycles. The van der Waals surface area contributed by atoms with Gasteiger partial charge in [0.15, 0.2) is 0 Å². The van der Waals surface area contributed by atoms with Crippen LogP contribution in [0.2, 0.25) is 0 Å². The molecule has 0 bridgehead atoms. The number of carbonyl (C=O) groups is 1. The molecule has 0 aromatic carbocycles. The Hall–Kier alpha value is -1.73. The molecule has 0 aromatic rings. The molecule has 0 heterocycles. The highest BCUT2D eigenvalue weighted by Gasteiger charge is 2.28. The van der Waals surface area contributed by atoms with Gasteiger partial charge in [0.25, 0.3) is 0 Å². The van der Waals surface area contributed by atoms with Gasteiger partial charge in [0, 0.05) is 0 Å². The fourth-order valence-electron chi connectivity index (χ4n) is 7.86. The van der Waals surface area contributed by atoms with E-state index in [9.17, 15) is 25.2 Å². The maximum atomic E-state index is 12.6. The fraction of sp³-hybridized carbons (Fsp3) is 0.833. The minimum absolute atomic E-state index is 0.357. The van der Waals surface area contributed by atoms with Gasteiger partial charge in [0.05, 0.1) is 18.8 Å². The maximum Gasteiger partial charge on any atom is 0.249 e. The summed E-state index contributed by atoms with van der Waals surface area (Å²) in [4.78, 5) is 12.6. The lowest BCUT2D eigenvalue weighted by atomic mass is 10.00. The highest BCUT2D eigenvalue weighted by molar-refractivity contribution is 5.80. The second-order valence-electron chi connectivity index (χ2n) is 17.8. The van der Waals surface area contributed by atoms with Crippen LogP contribution in [0.25, 0.3) is 0 Å². The first-order valence-corrected chi connectivity index (χ1v) is 26.0. The summed E-state index contributed by atoms with van der Waals surface area (Å²) < 4.78 is 0. The van der Waals surface area contributed by atoms with Crippen LogP contribution in [-0.4, -0.2) is 57.3 Å². The van der Waals surface area contributed by atoms with Crippen LogP contribution < -0.4 is 5.32 Å². The highest BCUT2D eigenvalue weighted by atomic mass is 16.3. The summed E-state index contributed by atoms with van der Waals surface area (Å²) in [6, 6.07) is -1.01. The topological polar surface area (TPSA) is 110 Å². The minimum atomic E-state index is -1.29. The molecule has 0 rings (SSSR count). The van der Waals surface area contributed by atoms with E-state index in [2.05, 4.69) is 67.8 Å². The van der Waals surface area contributed by atoms with E-state index in [0.717, 1.165) is 44.9 Å². The van der Waals surface area contributed by atoms with Crippen LogP contribution in [0.4, 0.5) is 0 Å². The molecular weight excluding hydrogens is 743 g/mol. The summed E-state index contributed by atoms with van der Waals surface area (Å²) in [5.41, 5.74) is 0. The van der Waals surface area contributed by atoms with Gasteiger partial charge in [0.1, 0.15) is 12.2 Å². The lowest BCUT2D eigenvalue weighted by Gasteiger charge is -2.27. The Bertz CT molecular complexity index is 993. The van der Waals surface area contributed by atoms with Gasteiger partial charge < -0.3 is 25.7 Å². The predicted octanol–water partition coefficient (Wildman–Crippen LogP) is 14.6. The number of aliphatic hydroxyl groups excluding tert-OH is 4. The van der Waals surface area contributed by atoms with Crippen molar-refractivity contribution in [2.24, 2.45) is 0 Å². The zero-order valence-electron chi connectivity index (χ0n) is 39.7. The van der Waals surface area contributed by atoms with Crippen LogP contribution in [0, 0.1) is 0 Å². The Balaban J connectivity index is 3.69. The van der Waals surface area contributed by atoms with E-state index < -0.39 is 36.9 Å². The van der Waals surface area contributed by atoms with Crippen molar-refractivity contribution in [1.82, 2.24) is 5.32 Å². The van der Waals surface area contributed by atoms with Crippen molar-refractivity contribution >= 4 is 5.91 Å². The highest BCUT2D eigenvalue weighted by Crippen LogP contribution is 2.16. The number of aliphatic hydroxyl groups is 4. The minimum Gasteiger partial charge on any atom is -0.394 e. The van der Waals surface area contributed by atoms with Crippen LogP contribution in [-0.2, 0) is 4.79 Å². The molecule has 4 unspecified atom stereocenters. The summed E-state index contributed by atoms with van der Waals surface area (Å²) in [5.74, 6) is -0.599. The third-order valence-corrected chi connectivity index (χ3v) is 12.0. The molecule has 0 spiro atoms. The van der Waals surface area contributed by atoms with Crippen molar-refractivity contribution in [3.05, 3.63) is 48.6 Å². The summed E-state index contributed by atoms with van der Waals surface area (Å²) >= 11 is 0. The van der Waals surface area contributed by atoms with Crippen molar-refractivity contribution in [2.75, 3.05) is 6.61 Å². The molecule has 60 heavy (non-hydrogen) atoms. The molecule has 6 nitrogen and oxygen atoms in total. The van der Waals surface area contributed by atoms with Gasteiger partial charge in [0.2, 0.25) is 5.91 Å². The van der Waals surface area contributed by atoms with Crippen LogP contribution >= 0.6 is 0 Å². The van der Waals surface area contributed by atoms with Crippen molar-refractivity contribution in [1.29, 1.82) is 0 Å². The molecular formula is C54H101NO5. The van der Waals surface area contributed by atoms with Gasteiger partial charge >= 0.3 is 0 Å². The van der Waals surface area contributed by atoms with Gasteiger partial charge in [-0.2, -0.15) is 0 Å². The average molecular weight is 844 g/mol. The maximum absolute atomic E-state index is 12.6. The number of hydrogen-bond acceptors (Lipinski definition) is 5. The molecule has 5 N–H and O–H groups in total. The molecule has 6 heteroatoms. The summed E-state index contributed by atoms with van der Waals surface area (Å²) in [6.07, 6.45) is 60.2. The van der Waals surface area contributed by atoms with Crippen molar-refractivity contribution in [3.63, 3.8) is 0 Å². The van der Waals surface area contributed by atoms with Gasteiger partial charge in [-0.05, 0) is 83.5 Å². The van der Waals surface area contributed by atoms with E-state index in [0.29, 0.717) is 19.3 Å². The lowest BCUT2D eigenvalue weighted by Crippen LogP contribution is -2.53. The van der Waals surface area contributed by atoms with E-state index >= 15 is 0 Å². The van der Waals surface area contributed by atoms with Crippen LogP contribution in [0.15, 0.2) is 48.6 Å². The van der Waals surface area contributed by atoms with E-state index in [1.54, 1.807) is 0 Å². The van der Waals surface area contributed by atoms with Crippen LogP contribution in [0.1, 0.15) is 258 Å². The zero-order valence-corrected chi connectivity index (χ0v) is 39.7. The first-order chi connectivity index (χ1) is 29.5. The second-order valence-corrected chi connectivity index (χ2v) is 17.8. The number of allylic oxidation sites excluding steroid dienone is 8. The second kappa shape index (κ2) is 48.3.